The smallest absolute Gasteiger partial charge is 0.191 e. The molecule has 0 atom stereocenters. The van der Waals surface area contributed by atoms with Gasteiger partial charge in [-0.25, -0.2) is 4.99 Å². The molecule has 1 aromatic carbocycles. The molecule has 0 bridgehead atoms. The van der Waals surface area contributed by atoms with Crippen molar-refractivity contribution in [1.82, 2.24) is 0 Å². The van der Waals surface area contributed by atoms with Gasteiger partial charge in [-0.15, -0.1) is 0 Å². The van der Waals surface area contributed by atoms with Crippen LogP contribution >= 0.6 is 12.2 Å². The molecule has 0 saturated carbocycles. The normalized spacial score (nSPS) is 9.43. The van der Waals surface area contributed by atoms with Crippen molar-refractivity contribution in [2.75, 3.05) is 0 Å². The van der Waals surface area contributed by atoms with Gasteiger partial charge in [-0.1, -0.05) is 42.5 Å². The van der Waals surface area contributed by atoms with Gasteiger partial charge in [0.05, 0.1) is 0 Å². The number of aliphatic imine (C=N–C) groups is 1. The lowest BCUT2D eigenvalue weighted by atomic mass is 10.1. The molecule has 4 heteroatoms. The van der Waals surface area contributed by atoms with Gasteiger partial charge in [-0.3, -0.25) is 0 Å². The number of nitrogens with zero attached hydrogens (tertiary/aromatic N) is 1. The molecule has 74 valence electrons. The highest BCUT2D eigenvalue weighted by atomic mass is 32.1. The minimum Gasteiger partial charge on any atom is -0.370 e. The van der Waals surface area contributed by atoms with Gasteiger partial charge in [0.25, 0.3) is 0 Å². The van der Waals surface area contributed by atoms with Crippen molar-refractivity contribution in [3.63, 3.8) is 0 Å². The number of nitrogens with two attached hydrogens (primary N) is 2. The van der Waals surface area contributed by atoms with Crippen LogP contribution in [0, 0.1) is 0 Å². The Bertz CT molecular complexity index is 328. The van der Waals surface area contributed by atoms with Crippen molar-refractivity contribution >= 4 is 23.2 Å². The summed E-state index contributed by atoms with van der Waals surface area (Å²) in [7, 11) is 0. The Morgan fingerprint density at radius 3 is 2.43 bits per heavy atom. The maximum Gasteiger partial charge on any atom is 0.191 e. The van der Waals surface area contributed by atoms with Crippen LogP contribution in [0.2, 0.25) is 0 Å². The minimum absolute atomic E-state index is 0.0306. The van der Waals surface area contributed by atoms with E-state index in [0.29, 0.717) is 11.4 Å². The largest absolute Gasteiger partial charge is 0.370 e. The topological polar surface area (TPSA) is 64.4 Å². The fourth-order valence-electron chi connectivity index (χ4n) is 1.10. The number of hydrogen-bond donors (Lipinski definition) is 2. The Morgan fingerprint density at radius 1 is 1.21 bits per heavy atom. The number of benzene rings is 1. The van der Waals surface area contributed by atoms with E-state index >= 15 is 0 Å². The second kappa shape index (κ2) is 5.34. The van der Waals surface area contributed by atoms with E-state index < -0.39 is 0 Å². The summed E-state index contributed by atoms with van der Waals surface area (Å²) in [5.74, 6) is 0.0306. The Hall–Kier alpha value is -1.42. The van der Waals surface area contributed by atoms with E-state index in [2.05, 4.69) is 17.1 Å². The standard InChI is InChI=1S/C10H13N3S/c11-10(12)13-9(14)7-6-8-4-2-1-3-5-8/h1-5H,6-7H2,(H4,11,12,13,14). The third kappa shape index (κ3) is 4.00. The van der Waals surface area contributed by atoms with Crippen LogP contribution in [-0.4, -0.2) is 10.9 Å². The number of thiocarbonyl (C=S) groups is 1. The molecule has 0 spiro atoms. The third-order valence-electron chi connectivity index (χ3n) is 1.72. The molecule has 3 nitrogen and oxygen atoms in total. The van der Waals surface area contributed by atoms with Crippen molar-refractivity contribution in [2.45, 2.75) is 12.8 Å². The maximum atomic E-state index is 5.20. The summed E-state index contributed by atoms with van der Waals surface area (Å²) < 4.78 is 0. The molecule has 0 aliphatic rings. The minimum atomic E-state index is 0.0306. The highest BCUT2D eigenvalue weighted by molar-refractivity contribution is 7.80. The number of rotatable bonds is 3. The van der Waals surface area contributed by atoms with Gasteiger partial charge >= 0.3 is 0 Å². The zero-order valence-electron chi connectivity index (χ0n) is 7.81. The molecule has 14 heavy (non-hydrogen) atoms. The van der Waals surface area contributed by atoms with Crippen molar-refractivity contribution in [1.29, 1.82) is 0 Å². The SMILES string of the molecule is NC(N)=NC(=S)CCc1ccccc1. The van der Waals surface area contributed by atoms with Gasteiger partial charge in [0.15, 0.2) is 5.96 Å². The Balaban J connectivity index is 2.42. The van der Waals surface area contributed by atoms with E-state index in [1.807, 2.05) is 18.2 Å². The highest BCUT2D eigenvalue weighted by Crippen LogP contribution is 2.03. The predicted octanol–water partition coefficient (Wildman–Crippen LogP) is 1.22. The van der Waals surface area contributed by atoms with Crippen LogP contribution in [0.3, 0.4) is 0 Å². The van der Waals surface area contributed by atoms with E-state index in [0.717, 1.165) is 6.42 Å². The van der Waals surface area contributed by atoms with E-state index in [-0.39, 0.29) is 5.96 Å². The van der Waals surface area contributed by atoms with E-state index in [1.165, 1.54) is 5.56 Å². The van der Waals surface area contributed by atoms with E-state index in [1.54, 1.807) is 0 Å². The molecule has 0 saturated heterocycles. The van der Waals surface area contributed by atoms with Crippen LogP contribution in [0.15, 0.2) is 35.3 Å². The van der Waals surface area contributed by atoms with E-state index in [4.69, 9.17) is 23.7 Å². The molecule has 0 radical (unpaired) electrons. The predicted molar refractivity (Wildman–Crippen MR) is 63.2 cm³/mol. The summed E-state index contributed by atoms with van der Waals surface area (Å²) in [4.78, 5) is 4.35. The van der Waals surface area contributed by atoms with Gasteiger partial charge in [0.2, 0.25) is 0 Å². The monoisotopic (exact) mass is 207 g/mol. The first-order chi connectivity index (χ1) is 6.68. The molecule has 0 aromatic heterocycles. The maximum absolute atomic E-state index is 5.20. The molecule has 0 heterocycles. The first-order valence-corrected chi connectivity index (χ1v) is 4.75. The second-order valence-corrected chi connectivity index (χ2v) is 3.39. The quantitative estimate of drug-likeness (QED) is 0.445. The summed E-state index contributed by atoms with van der Waals surface area (Å²) in [5, 5.41) is 0. The zero-order chi connectivity index (χ0) is 10.4. The van der Waals surface area contributed by atoms with Gasteiger partial charge in [0.1, 0.15) is 4.99 Å². The molecular weight excluding hydrogens is 194 g/mol. The third-order valence-corrected chi connectivity index (χ3v) is 2.02. The van der Waals surface area contributed by atoms with Gasteiger partial charge in [-0.2, -0.15) is 0 Å². The summed E-state index contributed by atoms with van der Waals surface area (Å²) in [6.07, 6.45) is 1.58. The van der Waals surface area contributed by atoms with Crippen molar-refractivity contribution in [3.05, 3.63) is 35.9 Å². The first-order valence-electron chi connectivity index (χ1n) is 4.35. The summed E-state index contributed by atoms with van der Waals surface area (Å²) in [6, 6.07) is 10.1. The average molecular weight is 207 g/mol. The van der Waals surface area contributed by atoms with Gasteiger partial charge in [-0.05, 0) is 12.0 Å². The van der Waals surface area contributed by atoms with E-state index in [9.17, 15) is 0 Å². The molecule has 1 rings (SSSR count). The molecule has 0 unspecified atom stereocenters. The lowest BCUT2D eigenvalue weighted by Crippen LogP contribution is -2.23. The fraction of sp³-hybridized carbons (Fsp3) is 0.200. The number of aryl methyl sites for hydroxylation is 1. The molecule has 1 aromatic rings. The van der Waals surface area contributed by atoms with Crippen LogP contribution in [0.1, 0.15) is 12.0 Å². The lowest BCUT2D eigenvalue weighted by Gasteiger charge is -1.99. The van der Waals surface area contributed by atoms with Gasteiger partial charge < -0.3 is 11.5 Å². The highest BCUT2D eigenvalue weighted by Gasteiger charge is 1.96. The lowest BCUT2D eigenvalue weighted by molar-refractivity contribution is 1.04. The second-order valence-electron chi connectivity index (χ2n) is 2.92. The number of guanidine groups is 1. The molecule has 0 aliphatic carbocycles. The summed E-state index contributed by atoms with van der Waals surface area (Å²) in [6.45, 7) is 0. The Labute approximate surface area is 88.8 Å². The van der Waals surface area contributed by atoms with Crippen LogP contribution < -0.4 is 11.5 Å². The van der Waals surface area contributed by atoms with Crippen LogP contribution in [0.5, 0.6) is 0 Å². The first kappa shape index (κ1) is 10.7. The molecule has 0 amide bonds. The average Bonchev–Trinajstić information content (AvgIpc) is 2.15. The molecule has 0 fully saturated rings. The summed E-state index contributed by atoms with van der Waals surface area (Å²) >= 11 is 4.98. The summed E-state index contributed by atoms with van der Waals surface area (Å²) in [5.41, 5.74) is 11.6. The van der Waals surface area contributed by atoms with Gasteiger partial charge in [0, 0.05) is 6.42 Å². The Morgan fingerprint density at radius 2 is 1.86 bits per heavy atom. The molecule has 0 aliphatic heterocycles. The number of hydrogen-bond acceptors (Lipinski definition) is 1. The van der Waals surface area contributed by atoms with Crippen molar-refractivity contribution in [3.8, 4) is 0 Å². The fourth-order valence-corrected chi connectivity index (χ4v) is 1.30. The Kier molecular flexibility index (Phi) is 4.07. The zero-order valence-corrected chi connectivity index (χ0v) is 8.63. The van der Waals surface area contributed by atoms with Crippen molar-refractivity contribution in [2.24, 2.45) is 16.5 Å². The van der Waals surface area contributed by atoms with Crippen LogP contribution in [0.25, 0.3) is 0 Å². The molecule has 4 N–H and O–H groups in total. The van der Waals surface area contributed by atoms with Crippen molar-refractivity contribution < 1.29 is 0 Å². The van der Waals surface area contributed by atoms with Crippen LogP contribution in [0.4, 0.5) is 0 Å². The van der Waals surface area contributed by atoms with Crippen LogP contribution in [-0.2, 0) is 6.42 Å². The molecular formula is C10H13N3S.